The third kappa shape index (κ3) is 2.89. The number of hydrogen-bond donors (Lipinski definition) is 2. The third-order valence-corrected chi connectivity index (χ3v) is 4.73. The Labute approximate surface area is 145 Å². The average Bonchev–Trinajstić information content (AvgIpc) is 3.09. The SMILES string of the molecule is Cc1cc2c(cc1O)NC(=O)C[C@@H]2c1ccccc1Cn1cccn1. The summed E-state index contributed by atoms with van der Waals surface area (Å²) in [4.78, 5) is 12.2. The maximum absolute atomic E-state index is 12.2. The summed E-state index contributed by atoms with van der Waals surface area (Å²) in [6, 6.07) is 13.7. The van der Waals surface area contributed by atoms with Crippen LogP contribution in [0.2, 0.25) is 0 Å². The van der Waals surface area contributed by atoms with Crippen LogP contribution in [-0.2, 0) is 11.3 Å². The molecule has 4 rings (SSSR count). The van der Waals surface area contributed by atoms with Crippen molar-refractivity contribution in [3.63, 3.8) is 0 Å². The molecule has 0 unspecified atom stereocenters. The molecule has 0 radical (unpaired) electrons. The molecule has 2 aromatic carbocycles. The van der Waals surface area contributed by atoms with Gasteiger partial charge in [0, 0.05) is 36.5 Å². The van der Waals surface area contributed by atoms with Gasteiger partial charge in [-0.25, -0.2) is 0 Å². The lowest BCUT2D eigenvalue weighted by molar-refractivity contribution is -0.116. The van der Waals surface area contributed by atoms with Gasteiger partial charge in [0.1, 0.15) is 5.75 Å². The molecular weight excluding hydrogens is 314 g/mol. The molecule has 0 saturated heterocycles. The summed E-state index contributed by atoms with van der Waals surface area (Å²) in [7, 11) is 0. The lowest BCUT2D eigenvalue weighted by Gasteiger charge is -2.28. The maximum Gasteiger partial charge on any atom is 0.225 e. The van der Waals surface area contributed by atoms with E-state index >= 15 is 0 Å². The normalized spacial score (nSPS) is 16.4. The summed E-state index contributed by atoms with van der Waals surface area (Å²) in [6.45, 7) is 2.53. The van der Waals surface area contributed by atoms with E-state index in [2.05, 4.69) is 22.5 Å². The Morgan fingerprint density at radius 1 is 1.24 bits per heavy atom. The molecular formula is C20H19N3O2. The van der Waals surface area contributed by atoms with E-state index in [1.165, 1.54) is 0 Å². The summed E-state index contributed by atoms with van der Waals surface area (Å²) in [6.07, 6.45) is 4.09. The van der Waals surface area contributed by atoms with Crippen LogP contribution in [-0.4, -0.2) is 20.8 Å². The van der Waals surface area contributed by atoms with Crippen LogP contribution in [0.25, 0.3) is 0 Å². The number of nitrogens with zero attached hydrogens (tertiary/aromatic N) is 2. The van der Waals surface area contributed by atoms with E-state index in [9.17, 15) is 9.90 Å². The zero-order valence-electron chi connectivity index (χ0n) is 13.9. The number of amides is 1. The van der Waals surface area contributed by atoms with E-state index < -0.39 is 0 Å². The minimum Gasteiger partial charge on any atom is -0.508 e. The molecule has 1 aliphatic rings. The van der Waals surface area contributed by atoms with Gasteiger partial charge >= 0.3 is 0 Å². The lowest BCUT2D eigenvalue weighted by atomic mass is 9.82. The molecule has 1 amide bonds. The molecule has 2 N–H and O–H groups in total. The first-order chi connectivity index (χ1) is 12.1. The largest absolute Gasteiger partial charge is 0.508 e. The highest BCUT2D eigenvalue weighted by Crippen LogP contribution is 2.41. The Kier molecular flexibility index (Phi) is 3.76. The first-order valence-corrected chi connectivity index (χ1v) is 8.30. The molecule has 25 heavy (non-hydrogen) atoms. The summed E-state index contributed by atoms with van der Waals surface area (Å²) in [5.74, 6) is 0.133. The molecule has 3 aromatic rings. The number of aryl methyl sites for hydroxylation is 1. The van der Waals surface area contributed by atoms with Gasteiger partial charge < -0.3 is 10.4 Å². The number of fused-ring (bicyclic) bond motifs is 1. The highest BCUT2D eigenvalue weighted by Gasteiger charge is 2.28. The number of anilines is 1. The van der Waals surface area contributed by atoms with E-state index in [0.717, 1.165) is 22.3 Å². The second-order valence-electron chi connectivity index (χ2n) is 6.43. The summed E-state index contributed by atoms with van der Waals surface area (Å²) < 4.78 is 1.88. The van der Waals surface area contributed by atoms with Gasteiger partial charge in [-0.3, -0.25) is 9.48 Å². The van der Waals surface area contributed by atoms with Gasteiger partial charge in [-0.15, -0.1) is 0 Å². The monoisotopic (exact) mass is 333 g/mol. The topological polar surface area (TPSA) is 67.2 Å². The fraction of sp³-hybridized carbons (Fsp3) is 0.200. The minimum absolute atomic E-state index is 0.0326. The highest BCUT2D eigenvalue weighted by molar-refractivity contribution is 5.95. The number of hydrogen-bond acceptors (Lipinski definition) is 3. The van der Waals surface area contributed by atoms with Crippen molar-refractivity contribution in [2.75, 3.05) is 5.32 Å². The second kappa shape index (κ2) is 6.09. The van der Waals surface area contributed by atoms with Crippen LogP contribution in [0, 0.1) is 6.92 Å². The van der Waals surface area contributed by atoms with Gasteiger partial charge in [-0.05, 0) is 41.3 Å². The molecule has 2 heterocycles. The molecule has 0 spiro atoms. The van der Waals surface area contributed by atoms with E-state index in [0.29, 0.717) is 18.7 Å². The van der Waals surface area contributed by atoms with Crippen molar-refractivity contribution in [2.24, 2.45) is 0 Å². The van der Waals surface area contributed by atoms with Gasteiger partial charge in [0.05, 0.1) is 6.54 Å². The van der Waals surface area contributed by atoms with E-state index in [4.69, 9.17) is 0 Å². The molecule has 1 aromatic heterocycles. The van der Waals surface area contributed by atoms with Crippen LogP contribution in [0.1, 0.15) is 34.6 Å². The number of aromatic hydroxyl groups is 1. The van der Waals surface area contributed by atoms with Gasteiger partial charge in [0.15, 0.2) is 0 Å². The van der Waals surface area contributed by atoms with E-state index in [-0.39, 0.29) is 17.6 Å². The number of aromatic nitrogens is 2. The fourth-order valence-electron chi connectivity index (χ4n) is 3.48. The quantitative estimate of drug-likeness (QED) is 0.772. The molecule has 1 atom stereocenters. The van der Waals surface area contributed by atoms with E-state index in [1.807, 2.05) is 42.1 Å². The van der Waals surface area contributed by atoms with Crippen molar-refractivity contribution >= 4 is 11.6 Å². The number of benzene rings is 2. The second-order valence-corrected chi connectivity index (χ2v) is 6.43. The number of rotatable bonds is 3. The molecule has 5 nitrogen and oxygen atoms in total. The predicted octanol–water partition coefficient (Wildman–Crippen LogP) is 3.42. The standard InChI is InChI=1S/C20H19N3O2/c1-13-9-17-16(10-20(25)22-18(17)11-19(13)24)15-6-3-2-5-14(15)12-23-8-4-7-21-23/h2-9,11,16,24H,10,12H2,1H3,(H,22,25)/t16-/m1/s1. The first-order valence-electron chi connectivity index (χ1n) is 8.30. The minimum atomic E-state index is -0.0327. The number of phenolic OH excluding ortho intramolecular Hbond substituents is 1. The fourth-order valence-corrected chi connectivity index (χ4v) is 3.48. The number of carbonyl (C=O) groups excluding carboxylic acids is 1. The van der Waals surface area contributed by atoms with Gasteiger partial charge in [0.25, 0.3) is 0 Å². The molecule has 0 aliphatic carbocycles. The van der Waals surface area contributed by atoms with Crippen LogP contribution in [0.15, 0.2) is 54.9 Å². The van der Waals surface area contributed by atoms with Gasteiger partial charge in [-0.1, -0.05) is 24.3 Å². The Morgan fingerprint density at radius 3 is 2.88 bits per heavy atom. The van der Waals surface area contributed by atoms with Crippen LogP contribution in [0.5, 0.6) is 5.75 Å². The first kappa shape index (κ1) is 15.4. The molecule has 1 aliphatic heterocycles. The van der Waals surface area contributed by atoms with Crippen molar-refractivity contribution in [3.05, 3.63) is 77.1 Å². The van der Waals surface area contributed by atoms with Crippen molar-refractivity contribution in [3.8, 4) is 5.75 Å². The smallest absolute Gasteiger partial charge is 0.225 e. The van der Waals surface area contributed by atoms with Crippen molar-refractivity contribution in [1.29, 1.82) is 0 Å². The van der Waals surface area contributed by atoms with Gasteiger partial charge in [0.2, 0.25) is 5.91 Å². The Morgan fingerprint density at radius 2 is 2.08 bits per heavy atom. The third-order valence-electron chi connectivity index (χ3n) is 4.73. The van der Waals surface area contributed by atoms with Crippen molar-refractivity contribution < 1.29 is 9.90 Å². The van der Waals surface area contributed by atoms with Crippen molar-refractivity contribution in [1.82, 2.24) is 9.78 Å². The molecule has 126 valence electrons. The zero-order valence-corrected chi connectivity index (χ0v) is 13.9. The van der Waals surface area contributed by atoms with Gasteiger partial charge in [-0.2, -0.15) is 5.10 Å². The van der Waals surface area contributed by atoms with Crippen LogP contribution < -0.4 is 5.32 Å². The van der Waals surface area contributed by atoms with Crippen LogP contribution >= 0.6 is 0 Å². The lowest BCUT2D eigenvalue weighted by Crippen LogP contribution is -2.24. The van der Waals surface area contributed by atoms with E-state index in [1.54, 1.807) is 12.3 Å². The Balaban J connectivity index is 1.81. The number of phenols is 1. The predicted molar refractivity (Wildman–Crippen MR) is 95.7 cm³/mol. The number of nitrogens with one attached hydrogen (secondary N) is 1. The molecule has 0 bridgehead atoms. The highest BCUT2D eigenvalue weighted by atomic mass is 16.3. The average molecular weight is 333 g/mol. The molecule has 0 fully saturated rings. The van der Waals surface area contributed by atoms with Crippen molar-refractivity contribution in [2.45, 2.75) is 25.8 Å². The maximum atomic E-state index is 12.2. The Bertz CT molecular complexity index is 932. The number of carbonyl (C=O) groups is 1. The summed E-state index contributed by atoms with van der Waals surface area (Å²) >= 11 is 0. The van der Waals surface area contributed by atoms with Crippen LogP contribution in [0.4, 0.5) is 5.69 Å². The summed E-state index contributed by atoms with van der Waals surface area (Å²) in [5, 5.41) is 17.1. The molecule has 0 saturated carbocycles. The zero-order chi connectivity index (χ0) is 17.4. The Hall–Kier alpha value is -3.08. The molecule has 5 heteroatoms. The van der Waals surface area contributed by atoms with Crippen LogP contribution in [0.3, 0.4) is 0 Å². The summed E-state index contributed by atoms with van der Waals surface area (Å²) in [5.41, 5.74) is 4.81.